The SMILES string of the molecule is Cc1cc(C(=O)NCCCCC(=O)O)ccc1O. The highest BCUT2D eigenvalue weighted by molar-refractivity contribution is 5.94. The summed E-state index contributed by atoms with van der Waals surface area (Å²) in [4.78, 5) is 22.0. The van der Waals surface area contributed by atoms with Gasteiger partial charge in [-0.3, -0.25) is 9.59 Å². The van der Waals surface area contributed by atoms with Crippen molar-refractivity contribution in [2.75, 3.05) is 6.54 Å². The molecule has 5 nitrogen and oxygen atoms in total. The number of aliphatic carboxylic acids is 1. The predicted octanol–water partition coefficient (Wildman–Crippen LogP) is 1.69. The second kappa shape index (κ2) is 6.64. The maximum absolute atomic E-state index is 11.7. The number of unbranched alkanes of at least 4 members (excludes halogenated alkanes) is 1. The van der Waals surface area contributed by atoms with Crippen molar-refractivity contribution in [3.05, 3.63) is 29.3 Å². The fourth-order valence-electron chi connectivity index (χ4n) is 1.50. The van der Waals surface area contributed by atoms with Gasteiger partial charge in [0.1, 0.15) is 5.75 Å². The summed E-state index contributed by atoms with van der Waals surface area (Å²) in [5, 5.41) is 20.5. The summed E-state index contributed by atoms with van der Waals surface area (Å²) in [5.74, 6) is -0.878. The molecule has 0 atom stereocenters. The van der Waals surface area contributed by atoms with Crippen LogP contribution in [0.25, 0.3) is 0 Å². The average molecular weight is 251 g/mol. The van der Waals surface area contributed by atoms with Crippen LogP contribution in [-0.2, 0) is 4.79 Å². The van der Waals surface area contributed by atoms with Gasteiger partial charge in [0.15, 0.2) is 0 Å². The van der Waals surface area contributed by atoms with E-state index in [1.165, 1.54) is 6.07 Å². The highest BCUT2D eigenvalue weighted by Gasteiger charge is 2.06. The van der Waals surface area contributed by atoms with Crippen molar-refractivity contribution in [1.82, 2.24) is 5.32 Å². The van der Waals surface area contributed by atoms with Gasteiger partial charge < -0.3 is 15.5 Å². The molecule has 5 heteroatoms. The fourth-order valence-corrected chi connectivity index (χ4v) is 1.50. The molecule has 0 spiro atoms. The minimum absolute atomic E-state index is 0.119. The number of carbonyl (C=O) groups excluding carboxylic acids is 1. The second-order valence-corrected chi connectivity index (χ2v) is 4.11. The summed E-state index contributed by atoms with van der Waals surface area (Å²) in [6.45, 7) is 2.17. The van der Waals surface area contributed by atoms with Gasteiger partial charge in [-0.25, -0.2) is 0 Å². The number of benzene rings is 1. The molecule has 1 amide bonds. The molecule has 3 N–H and O–H groups in total. The van der Waals surface area contributed by atoms with Crippen molar-refractivity contribution in [3.63, 3.8) is 0 Å². The van der Waals surface area contributed by atoms with E-state index in [-0.39, 0.29) is 18.1 Å². The van der Waals surface area contributed by atoms with Crippen molar-refractivity contribution < 1.29 is 19.8 Å². The Kier molecular flexibility index (Phi) is 5.17. The lowest BCUT2D eigenvalue weighted by Gasteiger charge is -2.06. The van der Waals surface area contributed by atoms with E-state index in [1.54, 1.807) is 19.1 Å². The molecule has 1 aromatic rings. The number of hydrogen-bond acceptors (Lipinski definition) is 3. The fraction of sp³-hybridized carbons (Fsp3) is 0.385. The molecule has 0 aliphatic rings. The Bertz CT molecular complexity index is 443. The molecule has 0 saturated carbocycles. The number of aryl methyl sites for hydroxylation is 1. The van der Waals surface area contributed by atoms with E-state index >= 15 is 0 Å². The lowest BCUT2D eigenvalue weighted by molar-refractivity contribution is -0.137. The topological polar surface area (TPSA) is 86.6 Å². The summed E-state index contributed by atoms with van der Waals surface area (Å²) < 4.78 is 0. The number of aromatic hydroxyl groups is 1. The summed E-state index contributed by atoms with van der Waals surface area (Å²) in [5.41, 5.74) is 1.14. The van der Waals surface area contributed by atoms with Crippen LogP contribution < -0.4 is 5.32 Å². The first-order chi connectivity index (χ1) is 8.50. The summed E-state index contributed by atoms with van der Waals surface area (Å²) >= 11 is 0. The minimum atomic E-state index is -0.824. The Morgan fingerprint density at radius 1 is 1.28 bits per heavy atom. The van der Waals surface area contributed by atoms with E-state index in [0.717, 1.165) is 0 Å². The third kappa shape index (κ3) is 4.45. The maximum Gasteiger partial charge on any atom is 0.303 e. The van der Waals surface area contributed by atoms with Crippen LogP contribution in [0, 0.1) is 6.92 Å². The summed E-state index contributed by atoms with van der Waals surface area (Å²) in [6.07, 6.45) is 1.30. The molecular formula is C13H17NO4. The molecule has 1 rings (SSSR count). The third-order valence-electron chi connectivity index (χ3n) is 2.56. The van der Waals surface area contributed by atoms with E-state index in [9.17, 15) is 14.7 Å². The van der Waals surface area contributed by atoms with E-state index in [1.807, 2.05) is 0 Å². The molecule has 0 unspecified atom stereocenters. The average Bonchev–Trinajstić information content (AvgIpc) is 2.31. The van der Waals surface area contributed by atoms with E-state index < -0.39 is 5.97 Å². The Hall–Kier alpha value is -2.04. The zero-order valence-corrected chi connectivity index (χ0v) is 10.3. The van der Waals surface area contributed by atoms with Gasteiger partial charge in [-0.15, -0.1) is 0 Å². The van der Waals surface area contributed by atoms with Crippen LogP contribution in [0.15, 0.2) is 18.2 Å². The van der Waals surface area contributed by atoms with Crippen LogP contribution in [-0.4, -0.2) is 28.6 Å². The smallest absolute Gasteiger partial charge is 0.303 e. The predicted molar refractivity (Wildman–Crippen MR) is 66.7 cm³/mol. The van der Waals surface area contributed by atoms with Gasteiger partial charge >= 0.3 is 5.97 Å². The highest BCUT2D eigenvalue weighted by atomic mass is 16.4. The number of carboxylic acid groups (broad SMARTS) is 1. The molecule has 0 saturated heterocycles. The van der Waals surface area contributed by atoms with Crippen molar-refractivity contribution in [1.29, 1.82) is 0 Å². The minimum Gasteiger partial charge on any atom is -0.508 e. The van der Waals surface area contributed by atoms with Gasteiger partial charge in [0.05, 0.1) is 0 Å². The van der Waals surface area contributed by atoms with Crippen molar-refractivity contribution in [3.8, 4) is 5.75 Å². The number of nitrogens with one attached hydrogen (secondary N) is 1. The van der Waals surface area contributed by atoms with E-state index in [2.05, 4.69) is 5.32 Å². The number of phenols is 1. The van der Waals surface area contributed by atoms with Gasteiger partial charge in [0.2, 0.25) is 0 Å². The van der Waals surface area contributed by atoms with Crippen molar-refractivity contribution >= 4 is 11.9 Å². The van der Waals surface area contributed by atoms with E-state index in [4.69, 9.17) is 5.11 Å². The summed E-state index contributed by atoms with van der Waals surface area (Å²) in [6, 6.07) is 4.64. The van der Waals surface area contributed by atoms with Gasteiger partial charge in [-0.05, 0) is 43.5 Å². The Labute approximate surface area is 105 Å². The maximum atomic E-state index is 11.7. The summed E-state index contributed by atoms with van der Waals surface area (Å²) in [7, 11) is 0. The number of hydrogen-bond donors (Lipinski definition) is 3. The zero-order chi connectivity index (χ0) is 13.5. The molecule has 0 heterocycles. The van der Waals surface area contributed by atoms with Gasteiger partial charge in [-0.1, -0.05) is 0 Å². The normalized spacial score (nSPS) is 10.1. The molecule has 0 aliphatic heterocycles. The monoisotopic (exact) mass is 251 g/mol. The zero-order valence-electron chi connectivity index (χ0n) is 10.3. The number of carboxylic acids is 1. The lowest BCUT2D eigenvalue weighted by atomic mass is 10.1. The first-order valence-corrected chi connectivity index (χ1v) is 5.80. The van der Waals surface area contributed by atoms with Crippen LogP contribution in [0.4, 0.5) is 0 Å². The number of phenolic OH excluding ortho intramolecular Hbond substituents is 1. The van der Waals surface area contributed by atoms with Crippen molar-refractivity contribution in [2.45, 2.75) is 26.2 Å². The molecule has 0 aliphatic carbocycles. The number of rotatable bonds is 6. The molecule has 18 heavy (non-hydrogen) atoms. The van der Waals surface area contributed by atoms with Crippen molar-refractivity contribution in [2.24, 2.45) is 0 Å². The van der Waals surface area contributed by atoms with Gasteiger partial charge in [-0.2, -0.15) is 0 Å². The Balaban J connectivity index is 2.36. The first-order valence-electron chi connectivity index (χ1n) is 5.80. The molecule has 1 aromatic carbocycles. The largest absolute Gasteiger partial charge is 0.508 e. The Morgan fingerprint density at radius 2 is 2.00 bits per heavy atom. The first kappa shape index (κ1) is 14.0. The number of carbonyl (C=O) groups is 2. The quantitative estimate of drug-likeness (QED) is 0.671. The molecule has 0 aromatic heterocycles. The lowest BCUT2D eigenvalue weighted by Crippen LogP contribution is -2.24. The van der Waals surface area contributed by atoms with Gasteiger partial charge in [0.25, 0.3) is 5.91 Å². The van der Waals surface area contributed by atoms with Crippen LogP contribution in [0.5, 0.6) is 5.75 Å². The molecule has 0 bridgehead atoms. The van der Waals surface area contributed by atoms with Crippen LogP contribution in [0.2, 0.25) is 0 Å². The highest BCUT2D eigenvalue weighted by Crippen LogP contribution is 2.16. The molecule has 98 valence electrons. The van der Waals surface area contributed by atoms with Crippen LogP contribution in [0.3, 0.4) is 0 Å². The van der Waals surface area contributed by atoms with Gasteiger partial charge in [0, 0.05) is 18.5 Å². The molecular weight excluding hydrogens is 234 g/mol. The molecule has 0 fully saturated rings. The third-order valence-corrected chi connectivity index (χ3v) is 2.56. The van der Waals surface area contributed by atoms with E-state index in [0.29, 0.717) is 30.5 Å². The molecule has 0 radical (unpaired) electrons. The van der Waals surface area contributed by atoms with Crippen LogP contribution >= 0.6 is 0 Å². The Morgan fingerprint density at radius 3 is 2.61 bits per heavy atom. The second-order valence-electron chi connectivity index (χ2n) is 4.11. The van der Waals surface area contributed by atoms with Crippen LogP contribution in [0.1, 0.15) is 35.2 Å². The standard InChI is InChI=1S/C13H17NO4/c1-9-8-10(5-6-11(9)15)13(18)14-7-3-2-4-12(16)17/h5-6,8,15H,2-4,7H2,1H3,(H,14,18)(H,16,17). The number of amides is 1.